The van der Waals surface area contributed by atoms with E-state index in [1.54, 1.807) is 10.7 Å². The zero-order valence-electron chi connectivity index (χ0n) is 14.4. The predicted octanol–water partition coefficient (Wildman–Crippen LogP) is 3.44. The van der Waals surface area contributed by atoms with Crippen LogP contribution in [-0.2, 0) is 0 Å². The van der Waals surface area contributed by atoms with Gasteiger partial charge in [-0.05, 0) is 43.0 Å². The van der Waals surface area contributed by atoms with Gasteiger partial charge >= 0.3 is 0 Å². The second kappa shape index (κ2) is 7.00. The number of hydrogen-bond acceptors (Lipinski definition) is 4. The number of aromatic nitrogens is 2. The van der Waals surface area contributed by atoms with Gasteiger partial charge in [-0.2, -0.15) is 5.10 Å². The van der Waals surface area contributed by atoms with Gasteiger partial charge in [-0.1, -0.05) is 29.4 Å². The highest BCUT2D eigenvalue weighted by molar-refractivity contribution is 6.01. The Bertz CT molecular complexity index is 971. The average molecular weight is 348 g/mol. The van der Waals surface area contributed by atoms with Gasteiger partial charge in [0.15, 0.2) is 0 Å². The largest absolute Gasteiger partial charge is 0.411 e. The van der Waals surface area contributed by atoms with Gasteiger partial charge in [0.05, 0.1) is 29.2 Å². The Kier molecular flexibility index (Phi) is 4.39. The molecule has 6 heteroatoms. The summed E-state index contributed by atoms with van der Waals surface area (Å²) in [7, 11) is 0. The van der Waals surface area contributed by atoms with E-state index >= 15 is 0 Å². The monoisotopic (exact) mass is 348 g/mol. The van der Waals surface area contributed by atoms with Gasteiger partial charge < -0.3 is 10.1 Å². The topological polar surface area (TPSA) is 70.2 Å². The molecule has 0 aliphatic carbocycles. The molecule has 0 unspecified atom stereocenters. The fourth-order valence-electron chi connectivity index (χ4n) is 3.51. The van der Waals surface area contributed by atoms with E-state index in [4.69, 9.17) is 5.21 Å². The third-order valence-electron chi connectivity index (χ3n) is 4.81. The molecule has 1 N–H and O–H groups in total. The van der Waals surface area contributed by atoms with Crippen molar-refractivity contribution in [3.63, 3.8) is 0 Å². The lowest BCUT2D eigenvalue weighted by atomic mass is 10.1. The summed E-state index contributed by atoms with van der Waals surface area (Å²) in [5, 5.41) is 16.3. The van der Waals surface area contributed by atoms with E-state index in [2.05, 4.69) is 10.3 Å². The van der Waals surface area contributed by atoms with E-state index in [1.165, 1.54) is 12.6 Å². The number of fused-ring (bicyclic) bond motifs is 1. The number of carbonyl (C=O) groups excluding carboxylic acids is 1. The molecule has 4 rings (SSSR count). The highest BCUT2D eigenvalue weighted by Gasteiger charge is 2.22. The number of hydrogen-bond donors (Lipinski definition) is 1. The van der Waals surface area contributed by atoms with Crippen LogP contribution in [0, 0.1) is 0 Å². The minimum absolute atomic E-state index is 0.0537. The number of piperidine rings is 1. The van der Waals surface area contributed by atoms with Crippen LogP contribution < -0.4 is 0 Å². The van der Waals surface area contributed by atoms with Crippen molar-refractivity contribution in [1.29, 1.82) is 0 Å². The molecular formula is C20H20N4O2. The molecular weight excluding hydrogens is 328 g/mol. The van der Waals surface area contributed by atoms with Gasteiger partial charge in [0, 0.05) is 18.7 Å². The SMILES string of the molecule is O=C(c1cnn2c(-c3cccc(C=NO)c3)cccc12)N1CCCCC1. The number of rotatable bonds is 3. The third kappa shape index (κ3) is 2.94. The second-order valence-electron chi connectivity index (χ2n) is 6.49. The van der Waals surface area contributed by atoms with Crippen LogP contribution in [0.2, 0.25) is 0 Å². The normalized spacial score (nSPS) is 15.0. The summed E-state index contributed by atoms with van der Waals surface area (Å²) in [5.41, 5.74) is 4.06. The second-order valence-corrected chi connectivity index (χ2v) is 6.49. The zero-order chi connectivity index (χ0) is 17.9. The maximum atomic E-state index is 12.9. The summed E-state index contributed by atoms with van der Waals surface area (Å²) < 4.78 is 1.80. The van der Waals surface area contributed by atoms with Crippen LogP contribution in [0.5, 0.6) is 0 Å². The van der Waals surface area contributed by atoms with Crippen LogP contribution in [0.15, 0.2) is 53.8 Å². The molecule has 1 fully saturated rings. The van der Waals surface area contributed by atoms with Crippen LogP contribution in [0.25, 0.3) is 16.8 Å². The molecule has 3 heterocycles. The molecule has 1 aliphatic heterocycles. The molecule has 26 heavy (non-hydrogen) atoms. The van der Waals surface area contributed by atoms with E-state index in [0.717, 1.165) is 48.3 Å². The molecule has 0 spiro atoms. The Hall–Kier alpha value is -3.15. The summed E-state index contributed by atoms with van der Waals surface area (Å²) >= 11 is 0. The van der Waals surface area contributed by atoms with Crippen molar-refractivity contribution >= 4 is 17.6 Å². The molecule has 132 valence electrons. The van der Waals surface area contributed by atoms with Crippen molar-refractivity contribution in [3.05, 3.63) is 59.8 Å². The fourth-order valence-corrected chi connectivity index (χ4v) is 3.51. The van der Waals surface area contributed by atoms with Gasteiger partial charge in [-0.15, -0.1) is 0 Å². The van der Waals surface area contributed by atoms with E-state index in [-0.39, 0.29) is 5.91 Å². The highest BCUT2D eigenvalue weighted by Crippen LogP contribution is 2.24. The van der Waals surface area contributed by atoms with Gasteiger partial charge in [0.2, 0.25) is 0 Å². The first-order valence-electron chi connectivity index (χ1n) is 8.82. The third-order valence-corrected chi connectivity index (χ3v) is 4.81. The average Bonchev–Trinajstić information content (AvgIpc) is 3.13. The lowest BCUT2D eigenvalue weighted by Crippen LogP contribution is -2.35. The van der Waals surface area contributed by atoms with Crippen molar-refractivity contribution in [2.75, 3.05) is 13.1 Å². The summed E-state index contributed by atoms with van der Waals surface area (Å²) in [6, 6.07) is 13.5. The van der Waals surface area contributed by atoms with Crippen molar-refractivity contribution in [2.45, 2.75) is 19.3 Å². The van der Waals surface area contributed by atoms with Crippen molar-refractivity contribution in [2.24, 2.45) is 5.16 Å². The molecule has 0 bridgehead atoms. The smallest absolute Gasteiger partial charge is 0.257 e. The molecule has 6 nitrogen and oxygen atoms in total. The van der Waals surface area contributed by atoms with Crippen LogP contribution in [0.4, 0.5) is 0 Å². The molecule has 1 amide bonds. The number of nitrogens with zero attached hydrogens (tertiary/aromatic N) is 4. The van der Waals surface area contributed by atoms with Gasteiger partial charge in [0.25, 0.3) is 5.91 Å². The standard InChI is InChI=1S/C20H20N4O2/c25-20(23-10-2-1-3-11-23)17-14-21-24-18(8-5-9-19(17)24)16-7-4-6-15(12-16)13-22-26/h4-9,12-14,26H,1-3,10-11H2. The maximum absolute atomic E-state index is 12.9. The Morgan fingerprint density at radius 1 is 1.12 bits per heavy atom. The van der Waals surface area contributed by atoms with Gasteiger partial charge in [-0.25, -0.2) is 4.52 Å². The van der Waals surface area contributed by atoms with Gasteiger partial charge in [-0.3, -0.25) is 4.79 Å². The van der Waals surface area contributed by atoms with E-state index in [9.17, 15) is 4.79 Å². The maximum Gasteiger partial charge on any atom is 0.257 e. The van der Waals surface area contributed by atoms with Gasteiger partial charge in [0.1, 0.15) is 0 Å². The first kappa shape index (κ1) is 16.3. The lowest BCUT2D eigenvalue weighted by molar-refractivity contribution is 0.0726. The highest BCUT2D eigenvalue weighted by atomic mass is 16.4. The Balaban J connectivity index is 1.76. The lowest BCUT2D eigenvalue weighted by Gasteiger charge is -2.26. The number of pyridine rings is 1. The summed E-state index contributed by atoms with van der Waals surface area (Å²) in [5.74, 6) is 0.0537. The van der Waals surface area contributed by atoms with Crippen LogP contribution in [0.3, 0.4) is 0 Å². The Labute approximate surface area is 151 Å². The molecule has 3 aromatic rings. The first-order chi connectivity index (χ1) is 12.8. The van der Waals surface area contributed by atoms with Crippen LogP contribution in [0.1, 0.15) is 35.2 Å². The Morgan fingerprint density at radius 3 is 2.73 bits per heavy atom. The summed E-state index contributed by atoms with van der Waals surface area (Å²) in [4.78, 5) is 14.8. The first-order valence-corrected chi connectivity index (χ1v) is 8.82. The van der Waals surface area contributed by atoms with Crippen molar-refractivity contribution < 1.29 is 10.0 Å². The quantitative estimate of drug-likeness (QED) is 0.448. The zero-order valence-corrected chi connectivity index (χ0v) is 14.4. The van der Waals surface area contributed by atoms with E-state index in [0.29, 0.717) is 5.56 Å². The van der Waals surface area contributed by atoms with E-state index < -0.39 is 0 Å². The minimum atomic E-state index is 0.0537. The molecule has 2 aromatic heterocycles. The number of benzene rings is 1. The van der Waals surface area contributed by atoms with Crippen LogP contribution >= 0.6 is 0 Å². The fraction of sp³-hybridized carbons (Fsp3) is 0.250. The molecule has 0 radical (unpaired) electrons. The van der Waals surface area contributed by atoms with Crippen molar-refractivity contribution in [1.82, 2.24) is 14.5 Å². The summed E-state index contributed by atoms with van der Waals surface area (Å²) in [6.07, 6.45) is 6.37. The Morgan fingerprint density at radius 2 is 1.92 bits per heavy atom. The predicted molar refractivity (Wildman–Crippen MR) is 99.8 cm³/mol. The van der Waals surface area contributed by atoms with Crippen LogP contribution in [-0.4, -0.2) is 44.9 Å². The van der Waals surface area contributed by atoms with Crippen molar-refractivity contribution in [3.8, 4) is 11.3 Å². The summed E-state index contributed by atoms with van der Waals surface area (Å²) in [6.45, 7) is 1.64. The number of oxime groups is 1. The molecule has 0 saturated carbocycles. The molecule has 1 aromatic carbocycles. The van der Waals surface area contributed by atoms with E-state index in [1.807, 2.05) is 47.4 Å². The molecule has 1 aliphatic rings. The number of amides is 1. The molecule has 1 saturated heterocycles. The number of likely N-dealkylation sites (tertiary alicyclic amines) is 1. The minimum Gasteiger partial charge on any atom is -0.411 e. The molecule has 0 atom stereocenters. The number of carbonyl (C=O) groups is 1.